The van der Waals surface area contributed by atoms with Gasteiger partial charge in [-0.3, -0.25) is 9.59 Å². The molecule has 0 radical (unpaired) electrons. The molecule has 1 aromatic heterocycles. The van der Waals surface area contributed by atoms with E-state index >= 15 is 0 Å². The van der Waals surface area contributed by atoms with Crippen LogP contribution in [0.5, 0.6) is 0 Å². The first kappa shape index (κ1) is 14.6. The van der Waals surface area contributed by atoms with Crippen molar-refractivity contribution in [3.63, 3.8) is 0 Å². The van der Waals surface area contributed by atoms with E-state index in [2.05, 4.69) is 15.6 Å². The van der Waals surface area contributed by atoms with Crippen LogP contribution < -0.4 is 16.4 Å². The van der Waals surface area contributed by atoms with Gasteiger partial charge in [0.1, 0.15) is 10.7 Å². The van der Waals surface area contributed by atoms with Gasteiger partial charge in [0.15, 0.2) is 5.13 Å². The Hall–Kier alpha value is -1.83. The van der Waals surface area contributed by atoms with Crippen molar-refractivity contribution in [1.29, 1.82) is 0 Å². The fourth-order valence-electron chi connectivity index (χ4n) is 1.55. The molecule has 0 unspecified atom stereocenters. The maximum atomic E-state index is 12.0. The molecule has 8 heteroatoms. The van der Waals surface area contributed by atoms with Gasteiger partial charge in [-0.1, -0.05) is 11.3 Å². The highest BCUT2D eigenvalue weighted by Crippen LogP contribution is 2.30. The number of aromatic nitrogens is 1. The molecule has 1 heterocycles. The molecule has 2 amide bonds. The monoisotopic (exact) mass is 297 g/mol. The molecule has 1 fully saturated rings. The van der Waals surface area contributed by atoms with Crippen molar-refractivity contribution < 1.29 is 9.59 Å². The van der Waals surface area contributed by atoms with Crippen LogP contribution in [-0.4, -0.2) is 48.4 Å². The number of nitrogens with two attached hydrogens (primary N) is 1. The number of anilines is 2. The highest BCUT2D eigenvalue weighted by atomic mass is 32.1. The van der Waals surface area contributed by atoms with E-state index in [1.54, 1.807) is 14.1 Å². The van der Waals surface area contributed by atoms with Gasteiger partial charge in [-0.25, -0.2) is 4.98 Å². The molecule has 20 heavy (non-hydrogen) atoms. The summed E-state index contributed by atoms with van der Waals surface area (Å²) in [6.45, 7) is 0.290. The van der Waals surface area contributed by atoms with Crippen molar-refractivity contribution in [2.75, 3.05) is 31.7 Å². The van der Waals surface area contributed by atoms with Crippen molar-refractivity contribution in [2.45, 2.75) is 25.3 Å². The zero-order valence-corrected chi connectivity index (χ0v) is 12.4. The number of hydrogen-bond acceptors (Lipinski definition) is 6. The van der Waals surface area contributed by atoms with Crippen LogP contribution in [0.2, 0.25) is 0 Å². The predicted molar refractivity (Wildman–Crippen MR) is 78.8 cm³/mol. The molecule has 1 aliphatic carbocycles. The average molecular weight is 297 g/mol. The first-order valence-electron chi connectivity index (χ1n) is 6.48. The van der Waals surface area contributed by atoms with E-state index in [9.17, 15) is 9.59 Å². The Morgan fingerprint density at radius 3 is 2.75 bits per heavy atom. The average Bonchev–Trinajstić information content (AvgIpc) is 3.11. The summed E-state index contributed by atoms with van der Waals surface area (Å²) in [6, 6.07) is 0.467. The molecule has 0 saturated heterocycles. The number of rotatable bonds is 6. The number of carbonyl (C=O) groups excluding carboxylic acids is 2. The summed E-state index contributed by atoms with van der Waals surface area (Å²) in [5.41, 5.74) is 5.74. The maximum Gasteiger partial charge on any atom is 0.265 e. The highest BCUT2D eigenvalue weighted by Gasteiger charge is 2.24. The molecule has 4 N–H and O–H groups in total. The van der Waals surface area contributed by atoms with E-state index in [0.717, 1.165) is 12.8 Å². The lowest BCUT2D eigenvalue weighted by molar-refractivity contribution is -0.128. The molecule has 110 valence electrons. The molecule has 0 aliphatic heterocycles. The second kappa shape index (κ2) is 6.08. The maximum absolute atomic E-state index is 12.0. The zero-order chi connectivity index (χ0) is 14.7. The Morgan fingerprint density at radius 2 is 2.15 bits per heavy atom. The lowest BCUT2D eigenvalue weighted by atomic mass is 10.3. The van der Waals surface area contributed by atoms with Crippen molar-refractivity contribution in [1.82, 2.24) is 15.2 Å². The minimum absolute atomic E-state index is 0.0290. The van der Waals surface area contributed by atoms with Gasteiger partial charge in [-0.15, -0.1) is 0 Å². The van der Waals surface area contributed by atoms with Crippen molar-refractivity contribution >= 4 is 34.1 Å². The number of thiazole rings is 1. The Morgan fingerprint density at radius 1 is 1.45 bits per heavy atom. The second-order valence-electron chi connectivity index (χ2n) is 4.95. The SMILES string of the molecule is CN(C)C(=O)CCNC(=O)c1sc(NC2CC2)nc1N. The fourth-order valence-corrected chi connectivity index (χ4v) is 2.42. The van der Waals surface area contributed by atoms with Gasteiger partial charge >= 0.3 is 0 Å². The molecule has 0 atom stereocenters. The molecular formula is C12H19N5O2S. The van der Waals surface area contributed by atoms with E-state index < -0.39 is 0 Å². The molecule has 0 spiro atoms. The smallest absolute Gasteiger partial charge is 0.265 e. The van der Waals surface area contributed by atoms with E-state index in [1.807, 2.05) is 0 Å². The molecule has 1 aromatic rings. The number of nitrogens with zero attached hydrogens (tertiary/aromatic N) is 2. The first-order valence-corrected chi connectivity index (χ1v) is 7.30. The quantitative estimate of drug-likeness (QED) is 0.710. The van der Waals surface area contributed by atoms with Gasteiger partial charge in [-0.2, -0.15) is 0 Å². The zero-order valence-electron chi connectivity index (χ0n) is 11.6. The van der Waals surface area contributed by atoms with Crippen LogP contribution in [0.1, 0.15) is 28.9 Å². The third-order valence-electron chi connectivity index (χ3n) is 2.89. The summed E-state index contributed by atoms with van der Waals surface area (Å²) in [7, 11) is 3.36. The van der Waals surface area contributed by atoms with Crippen LogP contribution in [0.15, 0.2) is 0 Å². The van der Waals surface area contributed by atoms with Gasteiger partial charge in [0.2, 0.25) is 5.91 Å². The van der Waals surface area contributed by atoms with Crippen molar-refractivity contribution in [3.05, 3.63) is 4.88 Å². The van der Waals surface area contributed by atoms with E-state index in [4.69, 9.17) is 5.73 Å². The largest absolute Gasteiger partial charge is 0.382 e. The highest BCUT2D eigenvalue weighted by molar-refractivity contribution is 7.18. The number of hydrogen-bond donors (Lipinski definition) is 3. The molecule has 1 saturated carbocycles. The fraction of sp³-hybridized carbons (Fsp3) is 0.583. The third-order valence-corrected chi connectivity index (χ3v) is 3.89. The Kier molecular flexibility index (Phi) is 4.43. The number of amides is 2. The van der Waals surface area contributed by atoms with Gasteiger partial charge in [0.25, 0.3) is 5.91 Å². The third kappa shape index (κ3) is 3.83. The normalized spacial score (nSPS) is 13.9. The van der Waals surface area contributed by atoms with Crippen LogP contribution in [0.4, 0.5) is 10.9 Å². The molecule has 2 rings (SSSR count). The number of carbonyl (C=O) groups is 2. The lowest BCUT2D eigenvalue weighted by Gasteiger charge is -2.10. The summed E-state index contributed by atoms with van der Waals surface area (Å²) in [5, 5.41) is 6.57. The summed E-state index contributed by atoms with van der Waals surface area (Å²) in [6.07, 6.45) is 2.53. The van der Waals surface area contributed by atoms with E-state index in [0.29, 0.717) is 22.6 Å². The number of nitrogens with one attached hydrogen (secondary N) is 2. The number of nitrogen functional groups attached to an aromatic ring is 1. The topological polar surface area (TPSA) is 100 Å². The van der Waals surface area contributed by atoms with Gasteiger partial charge in [-0.05, 0) is 12.8 Å². The minimum atomic E-state index is -0.282. The van der Waals surface area contributed by atoms with Crippen LogP contribution in [0, 0.1) is 0 Å². The standard InChI is InChI=1S/C12H19N5O2S/c1-17(2)8(18)5-6-14-11(19)9-10(13)16-12(20-9)15-7-3-4-7/h7H,3-6,13H2,1-2H3,(H,14,19)(H,15,16). The Bertz CT molecular complexity index is 510. The summed E-state index contributed by atoms with van der Waals surface area (Å²) < 4.78 is 0. The molecule has 0 aromatic carbocycles. The minimum Gasteiger partial charge on any atom is -0.382 e. The van der Waals surface area contributed by atoms with Gasteiger partial charge in [0, 0.05) is 33.1 Å². The van der Waals surface area contributed by atoms with Crippen LogP contribution >= 0.6 is 11.3 Å². The van der Waals surface area contributed by atoms with Crippen LogP contribution in [-0.2, 0) is 4.79 Å². The van der Waals surface area contributed by atoms with Gasteiger partial charge < -0.3 is 21.3 Å². The predicted octanol–water partition coefficient (Wildman–Crippen LogP) is 0.508. The van der Waals surface area contributed by atoms with Crippen LogP contribution in [0.3, 0.4) is 0 Å². The van der Waals surface area contributed by atoms with Gasteiger partial charge in [0.05, 0.1) is 0 Å². The summed E-state index contributed by atoms with van der Waals surface area (Å²) >= 11 is 1.25. The molecule has 7 nitrogen and oxygen atoms in total. The Labute approximate surface area is 121 Å². The van der Waals surface area contributed by atoms with E-state index in [-0.39, 0.29) is 24.1 Å². The van der Waals surface area contributed by atoms with Crippen molar-refractivity contribution in [2.24, 2.45) is 0 Å². The Balaban J connectivity index is 1.85. The molecular weight excluding hydrogens is 278 g/mol. The van der Waals surface area contributed by atoms with Crippen molar-refractivity contribution in [3.8, 4) is 0 Å². The first-order chi connectivity index (χ1) is 9.47. The van der Waals surface area contributed by atoms with E-state index in [1.165, 1.54) is 16.2 Å². The van der Waals surface area contributed by atoms with Crippen LogP contribution in [0.25, 0.3) is 0 Å². The molecule has 1 aliphatic rings. The lowest BCUT2D eigenvalue weighted by Crippen LogP contribution is -2.30. The second-order valence-corrected chi connectivity index (χ2v) is 5.95. The molecule has 0 bridgehead atoms. The summed E-state index contributed by atoms with van der Waals surface area (Å²) in [4.78, 5) is 29.4. The summed E-state index contributed by atoms with van der Waals surface area (Å²) in [5.74, 6) is -0.0799.